The van der Waals surface area contributed by atoms with E-state index in [1.165, 1.54) is 21.9 Å². The highest BCUT2D eigenvalue weighted by atomic mass is 35.5. The number of anilines is 3. The lowest BCUT2D eigenvalue weighted by Gasteiger charge is -2.28. The number of hydrogen-bond acceptors (Lipinski definition) is 5. The van der Waals surface area contributed by atoms with Gasteiger partial charge >= 0.3 is 0 Å². The third-order valence-corrected chi connectivity index (χ3v) is 4.91. The number of nitrogens with zero attached hydrogens (tertiary/aromatic N) is 3. The highest BCUT2D eigenvalue weighted by Crippen LogP contribution is 2.25. The number of thioether (sulfide) groups is 1. The standard InChI is InChI=1S/C15H17ClN4OS/c1-19-15(21)14(16)13(10-17-19)18-11-2-4-12(5-3-11)20-6-8-22-9-7-20/h2-5,10,18H,6-9H2,1H3. The summed E-state index contributed by atoms with van der Waals surface area (Å²) in [4.78, 5) is 14.1. The fourth-order valence-electron chi connectivity index (χ4n) is 2.33. The summed E-state index contributed by atoms with van der Waals surface area (Å²) in [5, 5.41) is 7.26. The van der Waals surface area contributed by atoms with Crippen LogP contribution >= 0.6 is 23.4 Å². The maximum Gasteiger partial charge on any atom is 0.287 e. The smallest absolute Gasteiger partial charge is 0.287 e. The molecule has 1 fully saturated rings. The quantitative estimate of drug-likeness (QED) is 0.934. The van der Waals surface area contributed by atoms with Crippen LogP contribution in [-0.4, -0.2) is 34.4 Å². The first-order chi connectivity index (χ1) is 10.6. The summed E-state index contributed by atoms with van der Waals surface area (Å²) in [5.74, 6) is 2.35. The van der Waals surface area contributed by atoms with Crippen molar-refractivity contribution in [1.29, 1.82) is 0 Å². The van der Waals surface area contributed by atoms with Crippen LogP contribution in [0.15, 0.2) is 35.3 Å². The second-order valence-corrected chi connectivity index (χ2v) is 6.67. The average molecular weight is 337 g/mol. The van der Waals surface area contributed by atoms with Crippen LogP contribution in [0.5, 0.6) is 0 Å². The monoisotopic (exact) mass is 336 g/mol. The first kappa shape index (κ1) is 15.2. The molecule has 116 valence electrons. The molecule has 0 spiro atoms. The Morgan fingerprint density at radius 3 is 2.59 bits per heavy atom. The fourth-order valence-corrected chi connectivity index (χ4v) is 3.45. The van der Waals surface area contributed by atoms with Gasteiger partial charge in [0.1, 0.15) is 5.02 Å². The molecule has 0 unspecified atom stereocenters. The molecule has 0 aliphatic carbocycles. The lowest BCUT2D eigenvalue weighted by molar-refractivity contribution is 0.709. The molecule has 0 bridgehead atoms. The van der Waals surface area contributed by atoms with Gasteiger partial charge in [-0.15, -0.1) is 0 Å². The topological polar surface area (TPSA) is 50.2 Å². The van der Waals surface area contributed by atoms with Gasteiger partial charge in [-0.05, 0) is 24.3 Å². The van der Waals surface area contributed by atoms with Crippen LogP contribution in [0.4, 0.5) is 17.1 Å². The molecular formula is C15H17ClN4OS. The first-order valence-corrected chi connectivity index (χ1v) is 8.60. The predicted molar refractivity (Wildman–Crippen MR) is 93.8 cm³/mol. The lowest BCUT2D eigenvalue weighted by Crippen LogP contribution is -2.32. The largest absolute Gasteiger partial charge is 0.370 e. The number of rotatable bonds is 3. The van der Waals surface area contributed by atoms with Crippen LogP contribution in [0.2, 0.25) is 5.02 Å². The molecule has 7 heteroatoms. The lowest BCUT2D eigenvalue weighted by atomic mass is 10.2. The zero-order valence-corrected chi connectivity index (χ0v) is 13.8. The molecule has 2 aromatic rings. The Morgan fingerprint density at radius 2 is 1.91 bits per heavy atom. The molecule has 1 N–H and O–H groups in total. The van der Waals surface area contributed by atoms with E-state index in [0.29, 0.717) is 5.69 Å². The molecule has 0 amide bonds. The summed E-state index contributed by atoms with van der Waals surface area (Å²) in [7, 11) is 1.57. The van der Waals surface area contributed by atoms with Gasteiger partial charge in [0.2, 0.25) is 0 Å². The maximum absolute atomic E-state index is 11.8. The highest BCUT2D eigenvalue weighted by molar-refractivity contribution is 7.99. The van der Waals surface area contributed by atoms with Gasteiger partial charge in [-0.3, -0.25) is 4.79 Å². The number of aromatic nitrogens is 2. The van der Waals surface area contributed by atoms with Crippen molar-refractivity contribution in [3.63, 3.8) is 0 Å². The SMILES string of the molecule is Cn1ncc(Nc2ccc(N3CCSCC3)cc2)c(Cl)c1=O. The third-order valence-electron chi connectivity index (χ3n) is 3.60. The van der Waals surface area contributed by atoms with Crippen molar-refractivity contribution in [1.82, 2.24) is 9.78 Å². The van der Waals surface area contributed by atoms with Crippen LogP contribution in [-0.2, 0) is 7.05 Å². The zero-order valence-electron chi connectivity index (χ0n) is 12.3. The Labute approximate surface area is 138 Å². The minimum absolute atomic E-state index is 0.148. The fraction of sp³-hybridized carbons (Fsp3) is 0.333. The van der Waals surface area contributed by atoms with Gasteiger partial charge in [0.15, 0.2) is 0 Å². The Balaban J connectivity index is 1.76. The van der Waals surface area contributed by atoms with E-state index >= 15 is 0 Å². The molecule has 1 saturated heterocycles. The summed E-state index contributed by atoms with van der Waals surface area (Å²) >= 11 is 8.05. The van der Waals surface area contributed by atoms with Crippen molar-refractivity contribution < 1.29 is 0 Å². The number of halogens is 1. The van der Waals surface area contributed by atoms with Crippen LogP contribution in [0.25, 0.3) is 0 Å². The molecule has 5 nitrogen and oxygen atoms in total. The molecule has 2 heterocycles. The Hall–Kier alpha value is -1.66. The molecule has 0 atom stereocenters. The van der Waals surface area contributed by atoms with E-state index in [1.807, 2.05) is 23.9 Å². The number of aryl methyl sites for hydroxylation is 1. The van der Waals surface area contributed by atoms with E-state index in [4.69, 9.17) is 11.6 Å². The zero-order chi connectivity index (χ0) is 15.5. The van der Waals surface area contributed by atoms with E-state index in [9.17, 15) is 4.79 Å². The third kappa shape index (κ3) is 3.23. The van der Waals surface area contributed by atoms with Gasteiger partial charge in [0, 0.05) is 43.0 Å². The molecule has 1 aromatic carbocycles. The van der Waals surface area contributed by atoms with E-state index in [1.54, 1.807) is 13.2 Å². The molecule has 22 heavy (non-hydrogen) atoms. The molecule has 1 aliphatic rings. The van der Waals surface area contributed by atoms with E-state index in [-0.39, 0.29) is 10.6 Å². The van der Waals surface area contributed by atoms with Crippen molar-refractivity contribution in [2.45, 2.75) is 0 Å². The van der Waals surface area contributed by atoms with Gasteiger partial charge < -0.3 is 10.2 Å². The second kappa shape index (κ2) is 6.62. The summed E-state index contributed by atoms with van der Waals surface area (Å²) < 4.78 is 1.21. The molecule has 1 aromatic heterocycles. The Kier molecular flexibility index (Phi) is 4.59. The second-order valence-electron chi connectivity index (χ2n) is 5.07. The van der Waals surface area contributed by atoms with Gasteiger partial charge in [-0.2, -0.15) is 16.9 Å². The normalized spacial score (nSPS) is 14.9. The van der Waals surface area contributed by atoms with Gasteiger partial charge in [0.05, 0.1) is 11.9 Å². The minimum atomic E-state index is -0.311. The molecule has 3 rings (SSSR count). The molecule has 0 saturated carbocycles. The Morgan fingerprint density at radius 1 is 1.23 bits per heavy atom. The minimum Gasteiger partial charge on any atom is -0.370 e. The van der Waals surface area contributed by atoms with Crippen LogP contribution in [0.3, 0.4) is 0 Å². The van der Waals surface area contributed by atoms with Crippen molar-refractivity contribution in [3.8, 4) is 0 Å². The summed E-state index contributed by atoms with van der Waals surface area (Å²) in [6.45, 7) is 2.17. The number of nitrogens with one attached hydrogen (secondary N) is 1. The van der Waals surface area contributed by atoms with Gasteiger partial charge in [-0.1, -0.05) is 11.6 Å². The number of hydrogen-bond donors (Lipinski definition) is 1. The van der Waals surface area contributed by atoms with Crippen LogP contribution in [0.1, 0.15) is 0 Å². The van der Waals surface area contributed by atoms with E-state index in [2.05, 4.69) is 27.4 Å². The van der Waals surface area contributed by atoms with Crippen molar-refractivity contribution in [3.05, 3.63) is 45.8 Å². The number of benzene rings is 1. The van der Waals surface area contributed by atoms with E-state index in [0.717, 1.165) is 18.8 Å². The van der Waals surface area contributed by atoms with Crippen LogP contribution in [0, 0.1) is 0 Å². The highest BCUT2D eigenvalue weighted by Gasteiger charge is 2.11. The predicted octanol–water partition coefficient (Wildman–Crippen LogP) is 2.73. The van der Waals surface area contributed by atoms with Gasteiger partial charge in [-0.25, -0.2) is 4.68 Å². The summed E-state index contributed by atoms with van der Waals surface area (Å²) in [5.41, 5.74) is 2.31. The molecule has 0 radical (unpaired) electrons. The van der Waals surface area contributed by atoms with Crippen molar-refractivity contribution in [2.24, 2.45) is 7.05 Å². The first-order valence-electron chi connectivity index (χ1n) is 7.07. The summed E-state index contributed by atoms with van der Waals surface area (Å²) in [6.07, 6.45) is 1.56. The molecule has 1 aliphatic heterocycles. The Bertz CT molecular complexity index is 710. The summed E-state index contributed by atoms with van der Waals surface area (Å²) in [6, 6.07) is 8.15. The average Bonchev–Trinajstić information content (AvgIpc) is 2.57. The molecular weight excluding hydrogens is 320 g/mol. The van der Waals surface area contributed by atoms with Crippen molar-refractivity contribution >= 4 is 40.4 Å². The van der Waals surface area contributed by atoms with E-state index < -0.39 is 0 Å². The van der Waals surface area contributed by atoms with Crippen LogP contribution < -0.4 is 15.8 Å². The maximum atomic E-state index is 11.8. The van der Waals surface area contributed by atoms with Gasteiger partial charge in [0.25, 0.3) is 5.56 Å². The van der Waals surface area contributed by atoms with Crippen molar-refractivity contribution in [2.75, 3.05) is 34.8 Å².